The molecule has 0 unspecified atom stereocenters. The second kappa shape index (κ2) is 18.3. The van der Waals surface area contributed by atoms with Crippen LogP contribution in [0.2, 0.25) is 0 Å². The van der Waals surface area contributed by atoms with Crippen LogP contribution in [0.4, 0.5) is 0 Å². The lowest BCUT2D eigenvalue weighted by molar-refractivity contribution is -0.144. The van der Waals surface area contributed by atoms with E-state index >= 15 is 0 Å². The first-order valence-corrected chi connectivity index (χ1v) is 20.5. The number of hydrogen-bond donors (Lipinski definition) is 3. The molecule has 0 aliphatic carbocycles. The Morgan fingerprint density at radius 2 is 1.63 bits per heavy atom. The van der Waals surface area contributed by atoms with Crippen molar-refractivity contribution in [1.82, 2.24) is 15.2 Å². The summed E-state index contributed by atoms with van der Waals surface area (Å²) in [6.45, 7) is 15.7. The third-order valence-electron chi connectivity index (χ3n) is 11.6. The number of carbonyl (C=O) groups is 3. The number of pyridine rings is 1. The van der Waals surface area contributed by atoms with Gasteiger partial charge in [0.25, 0.3) is 5.91 Å². The summed E-state index contributed by atoms with van der Waals surface area (Å²) in [7, 11) is 0. The van der Waals surface area contributed by atoms with Crippen molar-refractivity contribution in [3.63, 3.8) is 0 Å². The highest BCUT2D eigenvalue weighted by atomic mass is 16.6. The van der Waals surface area contributed by atoms with Crippen LogP contribution in [0.5, 0.6) is 17.2 Å². The molecule has 3 heterocycles. The van der Waals surface area contributed by atoms with E-state index in [4.69, 9.17) is 24.7 Å². The van der Waals surface area contributed by atoms with Crippen LogP contribution in [0.1, 0.15) is 70.2 Å². The lowest BCUT2D eigenvalue weighted by Gasteiger charge is -2.37. The predicted molar refractivity (Wildman–Crippen MR) is 235 cm³/mol. The number of nitrogens with two attached hydrogens (primary N) is 1. The molecule has 0 saturated heterocycles. The number of hydrogen-bond acceptors (Lipinski definition) is 9. The highest BCUT2D eigenvalue weighted by molar-refractivity contribution is 5.98. The minimum Gasteiger partial charge on any atom is -0.489 e. The van der Waals surface area contributed by atoms with Crippen LogP contribution in [-0.2, 0) is 45.1 Å². The van der Waals surface area contributed by atoms with E-state index in [2.05, 4.69) is 48.9 Å². The summed E-state index contributed by atoms with van der Waals surface area (Å²) in [4.78, 5) is 46.7. The van der Waals surface area contributed by atoms with Crippen LogP contribution >= 0.6 is 0 Å². The number of benzene rings is 4. The Labute approximate surface area is 362 Å². The molecule has 7 rings (SSSR count). The van der Waals surface area contributed by atoms with E-state index in [1.807, 2.05) is 80.6 Å². The van der Waals surface area contributed by atoms with Gasteiger partial charge in [0, 0.05) is 31.3 Å². The van der Waals surface area contributed by atoms with Crippen molar-refractivity contribution in [3.8, 4) is 28.4 Å². The molecule has 0 saturated carbocycles. The van der Waals surface area contributed by atoms with Gasteiger partial charge in [-0.15, -0.1) is 0 Å². The number of aromatic nitrogens is 1. The highest BCUT2D eigenvalue weighted by Gasteiger charge is 2.39. The minimum absolute atomic E-state index is 0.0172. The van der Waals surface area contributed by atoms with Gasteiger partial charge < -0.3 is 40.0 Å². The molecule has 320 valence electrons. The maximum absolute atomic E-state index is 14.2. The summed E-state index contributed by atoms with van der Waals surface area (Å²) in [6, 6.07) is 24.7. The Bertz CT molecular complexity index is 2570. The van der Waals surface area contributed by atoms with Crippen molar-refractivity contribution in [2.24, 2.45) is 5.73 Å². The number of ether oxygens (including phenoxy) is 4. The van der Waals surface area contributed by atoms with Crippen LogP contribution < -0.4 is 25.3 Å². The van der Waals surface area contributed by atoms with Gasteiger partial charge in [-0.3, -0.25) is 14.6 Å². The van der Waals surface area contributed by atoms with E-state index in [0.717, 1.165) is 50.4 Å². The Balaban J connectivity index is 1.09. The van der Waals surface area contributed by atoms with Gasteiger partial charge >= 0.3 is 5.97 Å². The summed E-state index contributed by atoms with van der Waals surface area (Å²) >= 11 is 0. The molecule has 4 N–H and O–H groups in total. The van der Waals surface area contributed by atoms with Gasteiger partial charge in [0.1, 0.15) is 42.5 Å². The van der Waals surface area contributed by atoms with Crippen molar-refractivity contribution in [3.05, 3.63) is 165 Å². The number of aryl methyl sites for hydroxylation is 3. The quantitative estimate of drug-likeness (QED) is 0.0786. The third kappa shape index (κ3) is 9.60. The lowest BCUT2D eigenvalue weighted by atomic mass is 9.91. The molecule has 3 atom stereocenters. The second-order valence-corrected chi connectivity index (χ2v) is 16.1. The molecule has 2 aliphatic rings. The fourth-order valence-corrected chi connectivity index (χ4v) is 7.70. The number of carboxylic acids is 1. The minimum atomic E-state index is -1.28. The zero-order valence-corrected chi connectivity index (χ0v) is 35.9. The number of aliphatic carboxylic acids is 1. The second-order valence-electron chi connectivity index (χ2n) is 16.1. The third-order valence-corrected chi connectivity index (χ3v) is 11.6. The molecule has 0 spiro atoms. The molecule has 2 amide bonds. The Morgan fingerprint density at radius 1 is 0.919 bits per heavy atom. The van der Waals surface area contributed by atoms with Crippen LogP contribution in [0.15, 0.2) is 115 Å². The largest absolute Gasteiger partial charge is 0.489 e. The van der Waals surface area contributed by atoms with Gasteiger partial charge in [0.15, 0.2) is 17.6 Å². The summed E-state index contributed by atoms with van der Waals surface area (Å²) in [5.41, 5.74) is 16.8. The molecule has 0 bridgehead atoms. The summed E-state index contributed by atoms with van der Waals surface area (Å²) in [6.07, 6.45) is 1.43. The maximum atomic E-state index is 14.2. The smallest absolute Gasteiger partial charge is 0.326 e. The van der Waals surface area contributed by atoms with Crippen LogP contribution in [0, 0.1) is 27.7 Å². The Hall–Kier alpha value is -7.08. The monoisotopic (exact) mass is 836 g/mol. The Kier molecular flexibility index (Phi) is 12.7. The normalized spacial score (nSPS) is 16.3. The maximum Gasteiger partial charge on any atom is 0.326 e. The van der Waals surface area contributed by atoms with Crippen molar-refractivity contribution < 1.29 is 38.4 Å². The molecule has 1 aromatic heterocycles. The molecule has 0 fully saturated rings. The number of carboxylic acid groups (broad SMARTS) is 1. The topological polar surface area (TPSA) is 163 Å². The molecular weight excluding hydrogens is 785 g/mol. The summed E-state index contributed by atoms with van der Waals surface area (Å²) in [5, 5.41) is 13.0. The van der Waals surface area contributed by atoms with Crippen molar-refractivity contribution in [1.29, 1.82) is 0 Å². The molecular formula is C50H52N4O8. The highest BCUT2D eigenvalue weighted by Crippen LogP contribution is 2.41. The SMILES string of the molecule is C=C(C)O/C(C)=C(\N)C(=O)N1Cc2cc3c(cc2C[C@H]1C(=O)N[C@@H](Cc1ccc(-c2ccnc(C)c2C)cc1)C(=O)O)OC[C@H](c1ccc(OCc2ccc(C)c(C)c2)cc1)O3. The van der Waals surface area contributed by atoms with E-state index in [0.29, 0.717) is 29.4 Å². The molecule has 4 aromatic carbocycles. The van der Waals surface area contributed by atoms with Crippen molar-refractivity contribution in [2.45, 2.75) is 85.7 Å². The number of allylic oxidation sites excluding steroid dienone is 2. The average Bonchev–Trinajstić information content (AvgIpc) is 3.25. The van der Waals surface area contributed by atoms with Crippen LogP contribution in [0.25, 0.3) is 11.1 Å². The zero-order chi connectivity index (χ0) is 44.2. The lowest BCUT2D eigenvalue weighted by Crippen LogP contribution is -2.56. The summed E-state index contributed by atoms with van der Waals surface area (Å²) < 4.78 is 24.3. The van der Waals surface area contributed by atoms with Crippen molar-refractivity contribution >= 4 is 17.8 Å². The molecule has 12 nitrogen and oxygen atoms in total. The predicted octanol–water partition coefficient (Wildman–Crippen LogP) is 7.88. The number of nitrogens with zero attached hydrogens (tertiary/aromatic N) is 2. The molecule has 2 aliphatic heterocycles. The molecule has 0 radical (unpaired) electrons. The molecule has 5 aromatic rings. The number of amides is 2. The van der Waals surface area contributed by atoms with Gasteiger partial charge in [0.2, 0.25) is 5.91 Å². The first-order valence-electron chi connectivity index (χ1n) is 20.5. The van der Waals surface area contributed by atoms with Gasteiger partial charge in [-0.25, -0.2) is 4.79 Å². The fourth-order valence-electron chi connectivity index (χ4n) is 7.70. The van der Waals surface area contributed by atoms with E-state index < -0.39 is 36.0 Å². The first kappa shape index (κ1) is 43.0. The number of fused-ring (bicyclic) bond motifs is 2. The van der Waals surface area contributed by atoms with Gasteiger partial charge in [-0.2, -0.15) is 0 Å². The van der Waals surface area contributed by atoms with E-state index in [-0.39, 0.29) is 37.4 Å². The number of carbonyl (C=O) groups excluding carboxylic acids is 2. The average molecular weight is 837 g/mol. The van der Waals surface area contributed by atoms with Gasteiger partial charge in [0.05, 0.1) is 5.76 Å². The van der Waals surface area contributed by atoms with Gasteiger partial charge in [-0.05, 0) is 128 Å². The zero-order valence-electron chi connectivity index (χ0n) is 35.9. The van der Waals surface area contributed by atoms with Crippen LogP contribution in [0.3, 0.4) is 0 Å². The molecule has 62 heavy (non-hydrogen) atoms. The van der Waals surface area contributed by atoms with Crippen molar-refractivity contribution in [2.75, 3.05) is 6.61 Å². The van der Waals surface area contributed by atoms with Crippen LogP contribution in [-0.4, -0.2) is 51.5 Å². The Morgan fingerprint density at radius 3 is 2.32 bits per heavy atom. The van der Waals surface area contributed by atoms with E-state index in [1.165, 1.54) is 16.0 Å². The fraction of sp³-hybridized carbons (Fsp3) is 0.280. The van der Waals surface area contributed by atoms with E-state index in [1.54, 1.807) is 20.0 Å². The molecule has 12 heteroatoms. The van der Waals surface area contributed by atoms with E-state index in [9.17, 15) is 19.5 Å². The number of nitrogens with one attached hydrogen (secondary N) is 1. The van der Waals surface area contributed by atoms with Gasteiger partial charge in [-0.1, -0.05) is 61.2 Å². The number of rotatable bonds is 13. The standard InChI is InChI=1S/C50H52N4O8/c1-28(2)61-33(7)47(51)49(56)54-25-39-24-45-44(60-27-46(62-45)37-14-16-40(17-15-37)59-26-35-9-8-29(3)30(4)20-35)23-38(39)22-43(54)48(55)53-42(50(57)58)21-34-10-12-36(13-11-34)41-18-19-52-32(6)31(41)5/h8-20,23-24,42-43,46H,1,21-22,25-27,51H2,2-7H3,(H,53,55)(H,57,58)/b47-33-/t42-,43-,46+/m0/s1. The summed E-state index contributed by atoms with van der Waals surface area (Å²) in [5.74, 6) is -0.320. The first-order chi connectivity index (χ1) is 29.6.